The number of carbonyl (C=O) groups is 2. The zero-order valence-corrected chi connectivity index (χ0v) is 15.4. The predicted octanol–water partition coefficient (Wildman–Crippen LogP) is 6.06. The van der Waals surface area contributed by atoms with Crippen LogP contribution in [0.15, 0.2) is 23.3 Å². The summed E-state index contributed by atoms with van der Waals surface area (Å²) >= 11 is 0. The van der Waals surface area contributed by atoms with Crippen LogP contribution in [0.4, 0.5) is 0 Å². The maximum absolute atomic E-state index is 10.5. The molecule has 0 saturated heterocycles. The van der Waals surface area contributed by atoms with Gasteiger partial charge in [-0.05, 0) is 36.3 Å². The van der Waals surface area contributed by atoms with E-state index >= 15 is 0 Å². The van der Waals surface area contributed by atoms with Gasteiger partial charge in [0.15, 0.2) is 0 Å². The molecule has 0 aliphatic rings. The Balaban J connectivity index is 0. The summed E-state index contributed by atoms with van der Waals surface area (Å²) in [6, 6.07) is 0. The van der Waals surface area contributed by atoms with E-state index in [9.17, 15) is 9.59 Å². The van der Waals surface area contributed by atoms with E-state index in [-0.39, 0.29) is 0 Å². The molecule has 0 aromatic heterocycles. The number of hydrogen-bond acceptors (Lipinski definition) is 2. The predicted molar refractivity (Wildman–Crippen MR) is 97.1 cm³/mol. The summed E-state index contributed by atoms with van der Waals surface area (Å²) in [7, 11) is 0. The van der Waals surface area contributed by atoms with Crippen molar-refractivity contribution in [1.82, 2.24) is 0 Å². The molecular formula is C20H36O2. The van der Waals surface area contributed by atoms with Crippen molar-refractivity contribution in [2.24, 2.45) is 5.92 Å². The molecule has 1 atom stereocenters. The minimum Gasteiger partial charge on any atom is -0.298 e. The van der Waals surface area contributed by atoms with Crippen molar-refractivity contribution in [3.05, 3.63) is 23.3 Å². The highest BCUT2D eigenvalue weighted by Gasteiger charge is 1.97. The van der Waals surface area contributed by atoms with Crippen LogP contribution >= 0.6 is 0 Å². The van der Waals surface area contributed by atoms with E-state index in [4.69, 9.17) is 0 Å². The molecule has 0 bridgehead atoms. The molecule has 2 heteroatoms. The van der Waals surface area contributed by atoms with E-state index in [0.29, 0.717) is 5.92 Å². The average molecular weight is 309 g/mol. The second-order valence-corrected chi connectivity index (χ2v) is 5.78. The van der Waals surface area contributed by atoms with Gasteiger partial charge in [0, 0.05) is 0 Å². The molecule has 0 rings (SSSR count). The Bertz CT molecular complexity index is 327. The van der Waals surface area contributed by atoms with Crippen molar-refractivity contribution in [3.63, 3.8) is 0 Å². The van der Waals surface area contributed by atoms with Crippen LogP contribution in [0.5, 0.6) is 0 Å². The van der Waals surface area contributed by atoms with Crippen LogP contribution in [0.25, 0.3) is 0 Å². The highest BCUT2D eigenvalue weighted by Crippen LogP contribution is 2.09. The number of allylic oxidation sites excluding steroid dienone is 4. The van der Waals surface area contributed by atoms with Crippen LogP contribution in [0.1, 0.15) is 86.0 Å². The zero-order valence-electron chi connectivity index (χ0n) is 15.4. The molecule has 0 spiro atoms. The monoisotopic (exact) mass is 308 g/mol. The van der Waals surface area contributed by atoms with Crippen LogP contribution in [0.2, 0.25) is 0 Å². The number of carbonyl (C=O) groups excluding carboxylic acids is 2. The average Bonchev–Trinajstić information content (AvgIpc) is 2.54. The molecule has 1 unspecified atom stereocenters. The number of unbranched alkanes of at least 4 members (excludes halogenated alkanes) is 2. The summed E-state index contributed by atoms with van der Waals surface area (Å²) in [6.45, 7) is 10.6. The fraction of sp³-hybridized carbons (Fsp3) is 0.700. The molecule has 22 heavy (non-hydrogen) atoms. The van der Waals surface area contributed by atoms with Gasteiger partial charge in [-0.1, -0.05) is 78.9 Å². The van der Waals surface area contributed by atoms with Gasteiger partial charge in [-0.3, -0.25) is 9.59 Å². The molecule has 0 fully saturated rings. The van der Waals surface area contributed by atoms with Crippen molar-refractivity contribution >= 4 is 12.6 Å². The Labute approximate surface area is 138 Å². The molecule has 0 aromatic rings. The summed E-state index contributed by atoms with van der Waals surface area (Å²) in [4.78, 5) is 20.9. The smallest absolute Gasteiger partial charge is 0.145 e. The summed E-state index contributed by atoms with van der Waals surface area (Å²) in [5, 5.41) is 0. The van der Waals surface area contributed by atoms with E-state index in [2.05, 4.69) is 46.8 Å². The van der Waals surface area contributed by atoms with Crippen molar-refractivity contribution < 1.29 is 9.59 Å². The Kier molecular flexibility index (Phi) is 18.8. The molecule has 0 N–H and O–H groups in total. The third-order valence-corrected chi connectivity index (χ3v) is 3.49. The van der Waals surface area contributed by atoms with Gasteiger partial charge in [0.25, 0.3) is 0 Å². The molecule has 0 radical (unpaired) electrons. The largest absolute Gasteiger partial charge is 0.298 e. The SMILES string of the molecule is CCC/C(C=O)=C\C(C)CC.CCCC/C=C(/C=O)CCC. The maximum atomic E-state index is 10.5. The third kappa shape index (κ3) is 15.2. The molecule has 0 aliphatic heterocycles. The molecule has 0 amide bonds. The number of hydrogen-bond donors (Lipinski definition) is 0. The molecular weight excluding hydrogens is 272 g/mol. The quantitative estimate of drug-likeness (QED) is 0.264. The maximum Gasteiger partial charge on any atom is 0.145 e. The van der Waals surface area contributed by atoms with E-state index < -0.39 is 0 Å². The lowest BCUT2D eigenvalue weighted by Crippen LogP contribution is -1.91. The minimum absolute atomic E-state index is 0.543. The van der Waals surface area contributed by atoms with Gasteiger partial charge in [-0.25, -0.2) is 0 Å². The molecule has 0 aromatic carbocycles. The highest BCUT2D eigenvalue weighted by atomic mass is 16.1. The summed E-state index contributed by atoms with van der Waals surface area (Å²) in [6.07, 6.45) is 14.7. The molecule has 2 nitrogen and oxygen atoms in total. The van der Waals surface area contributed by atoms with Gasteiger partial charge in [-0.15, -0.1) is 0 Å². The van der Waals surface area contributed by atoms with Crippen LogP contribution in [-0.2, 0) is 9.59 Å². The standard InChI is InChI=1S/2C10H18O/c1-4-6-10(8-11)7-9(3)5-2;1-3-5-6-8-10(9-11)7-4-2/h7-9H,4-6H2,1-3H3;8-9H,3-7H2,1-2H3/b10-7+;10-8+. The first kappa shape index (κ1) is 23.1. The van der Waals surface area contributed by atoms with Gasteiger partial charge in [0.2, 0.25) is 0 Å². The van der Waals surface area contributed by atoms with Crippen molar-refractivity contribution in [2.75, 3.05) is 0 Å². The van der Waals surface area contributed by atoms with E-state index in [1.54, 1.807) is 0 Å². The van der Waals surface area contributed by atoms with E-state index in [0.717, 1.165) is 62.2 Å². The van der Waals surface area contributed by atoms with E-state index in [1.807, 2.05) is 0 Å². The van der Waals surface area contributed by atoms with Crippen LogP contribution in [0, 0.1) is 5.92 Å². The molecule has 0 saturated carbocycles. The van der Waals surface area contributed by atoms with Crippen LogP contribution < -0.4 is 0 Å². The number of rotatable bonds is 11. The van der Waals surface area contributed by atoms with Gasteiger partial charge in [-0.2, -0.15) is 0 Å². The lowest BCUT2D eigenvalue weighted by atomic mass is 10.0. The summed E-state index contributed by atoms with van der Waals surface area (Å²) in [5.41, 5.74) is 1.93. The Morgan fingerprint density at radius 3 is 1.82 bits per heavy atom. The highest BCUT2D eigenvalue weighted by molar-refractivity contribution is 5.73. The lowest BCUT2D eigenvalue weighted by Gasteiger charge is -2.02. The first-order chi connectivity index (χ1) is 10.6. The normalized spacial score (nSPS) is 13.1. The van der Waals surface area contributed by atoms with E-state index in [1.165, 1.54) is 12.8 Å². The Hall–Kier alpha value is -1.18. The fourth-order valence-corrected chi connectivity index (χ4v) is 1.94. The second kappa shape index (κ2) is 17.9. The van der Waals surface area contributed by atoms with Crippen LogP contribution in [0.3, 0.4) is 0 Å². The topological polar surface area (TPSA) is 34.1 Å². The van der Waals surface area contributed by atoms with Crippen molar-refractivity contribution in [2.45, 2.75) is 86.0 Å². The first-order valence-corrected chi connectivity index (χ1v) is 8.89. The molecule has 128 valence electrons. The van der Waals surface area contributed by atoms with Crippen molar-refractivity contribution in [3.8, 4) is 0 Å². The molecule has 0 heterocycles. The summed E-state index contributed by atoms with van der Waals surface area (Å²) < 4.78 is 0. The Morgan fingerprint density at radius 1 is 0.864 bits per heavy atom. The number of aldehydes is 2. The summed E-state index contributed by atoms with van der Waals surface area (Å²) in [5.74, 6) is 0.543. The van der Waals surface area contributed by atoms with Crippen LogP contribution in [-0.4, -0.2) is 12.6 Å². The van der Waals surface area contributed by atoms with Gasteiger partial charge in [0.05, 0.1) is 0 Å². The fourth-order valence-electron chi connectivity index (χ4n) is 1.94. The minimum atomic E-state index is 0.543. The third-order valence-electron chi connectivity index (χ3n) is 3.49. The first-order valence-electron chi connectivity index (χ1n) is 8.89. The molecule has 0 aliphatic carbocycles. The van der Waals surface area contributed by atoms with Gasteiger partial charge < -0.3 is 0 Å². The van der Waals surface area contributed by atoms with Crippen molar-refractivity contribution in [1.29, 1.82) is 0 Å². The van der Waals surface area contributed by atoms with Gasteiger partial charge in [0.1, 0.15) is 12.6 Å². The zero-order chi connectivity index (χ0) is 17.2. The van der Waals surface area contributed by atoms with Gasteiger partial charge >= 0.3 is 0 Å². The lowest BCUT2D eigenvalue weighted by molar-refractivity contribution is -0.105. The second-order valence-electron chi connectivity index (χ2n) is 5.78. The Morgan fingerprint density at radius 2 is 1.41 bits per heavy atom.